The zero-order chi connectivity index (χ0) is 10.1. The van der Waals surface area contributed by atoms with Gasteiger partial charge in [-0.2, -0.15) is 5.10 Å². The van der Waals surface area contributed by atoms with Crippen LogP contribution in [0, 0.1) is 0 Å². The van der Waals surface area contributed by atoms with Gasteiger partial charge in [0.05, 0.1) is 10.7 Å². The Labute approximate surface area is 92.1 Å². The minimum absolute atomic E-state index is 0.660. The van der Waals surface area contributed by atoms with Crippen LogP contribution in [0.2, 0.25) is 10.0 Å². The van der Waals surface area contributed by atoms with Gasteiger partial charge in [0.2, 0.25) is 0 Å². The second-order valence-electron chi connectivity index (χ2n) is 3.00. The molecule has 0 radical (unpaired) electrons. The van der Waals surface area contributed by atoms with Crippen molar-refractivity contribution >= 4 is 23.2 Å². The lowest BCUT2D eigenvalue weighted by Gasteiger charge is -2.00. The molecule has 0 aliphatic heterocycles. The fourth-order valence-corrected chi connectivity index (χ4v) is 1.64. The van der Waals surface area contributed by atoms with Crippen molar-refractivity contribution in [2.45, 2.75) is 0 Å². The van der Waals surface area contributed by atoms with E-state index in [0.29, 0.717) is 10.0 Å². The van der Waals surface area contributed by atoms with Gasteiger partial charge in [0.25, 0.3) is 0 Å². The summed E-state index contributed by atoms with van der Waals surface area (Å²) in [5.41, 5.74) is 1.69. The maximum atomic E-state index is 6.03. The number of nitrogens with zero attached hydrogens (tertiary/aromatic N) is 2. The molecule has 0 bridgehead atoms. The molecule has 0 spiro atoms. The van der Waals surface area contributed by atoms with Crippen LogP contribution < -0.4 is 0 Å². The van der Waals surface area contributed by atoms with E-state index in [2.05, 4.69) is 5.10 Å². The molecular weight excluding hydrogens is 219 g/mol. The van der Waals surface area contributed by atoms with Crippen molar-refractivity contribution in [3.05, 3.63) is 40.5 Å². The van der Waals surface area contributed by atoms with Gasteiger partial charge in [0.1, 0.15) is 0 Å². The standard InChI is InChI=1S/C10H8Cl2N2/c1-14-5-4-10(13-14)8-6-7(11)2-3-9(8)12/h2-6H,1H3. The van der Waals surface area contributed by atoms with Gasteiger partial charge >= 0.3 is 0 Å². The SMILES string of the molecule is Cn1ccc(-c2cc(Cl)ccc2Cl)n1. The van der Waals surface area contributed by atoms with Crippen LogP contribution >= 0.6 is 23.2 Å². The highest BCUT2D eigenvalue weighted by atomic mass is 35.5. The predicted molar refractivity (Wildman–Crippen MR) is 58.7 cm³/mol. The summed E-state index contributed by atoms with van der Waals surface area (Å²) in [6, 6.07) is 7.24. The molecule has 2 nitrogen and oxygen atoms in total. The third kappa shape index (κ3) is 1.76. The molecule has 4 heteroatoms. The molecule has 0 amide bonds. The number of benzene rings is 1. The first kappa shape index (κ1) is 9.56. The largest absolute Gasteiger partial charge is 0.275 e. The van der Waals surface area contributed by atoms with E-state index in [-0.39, 0.29) is 0 Å². The van der Waals surface area contributed by atoms with Gasteiger partial charge in [-0.25, -0.2) is 0 Å². The van der Waals surface area contributed by atoms with Gasteiger partial charge < -0.3 is 0 Å². The molecule has 0 fully saturated rings. The zero-order valence-corrected chi connectivity index (χ0v) is 9.05. The number of halogens is 2. The molecule has 0 aliphatic carbocycles. The van der Waals surface area contributed by atoms with E-state index in [1.165, 1.54) is 0 Å². The van der Waals surface area contributed by atoms with Crippen LogP contribution in [0.5, 0.6) is 0 Å². The van der Waals surface area contributed by atoms with Crippen LogP contribution in [0.3, 0.4) is 0 Å². The monoisotopic (exact) mass is 226 g/mol. The first-order valence-electron chi connectivity index (χ1n) is 4.12. The fourth-order valence-electron chi connectivity index (χ4n) is 1.25. The smallest absolute Gasteiger partial charge is 0.0938 e. The average Bonchev–Trinajstić information content (AvgIpc) is 2.56. The topological polar surface area (TPSA) is 17.8 Å². The van der Waals surface area contributed by atoms with E-state index in [1.54, 1.807) is 16.8 Å². The number of hydrogen-bond donors (Lipinski definition) is 0. The lowest BCUT2D eigenvalue weighted by molar-refractivity contribution is 0.771. The summed E-state index contributed by atoms with van der Waals surface area (Å²) in [6.07, 6.45) is 1.87. The summed E-state index contributed by atoms with van der Waals surface area (Å²) in [7, 11) is 1.86. The van der Waals surface area contributed by atoms with Gasteiger partial charge in [-0.3, -0.25) is 4.68 Å². The normalized spacial score (nSPS) is 10.5. The molecule has 0 atom stereocenters. The van der Waals surface area contributed by atoms with Crippen molar-refractivity contribution in [2.24, 2.45) is 7.05 Å². The first-order valence-corrected chi connectivity index (χ1v) is 4.87. The van der Waals surface area contributed by atoms with Crippen LogP contribution in [0.4, 0.5) is 0 Å². The quantitative estimate of drug-likeness (QED) is 0.730. The molecule has 72 valence electrons. The third-order valence-corrected chi connectivity index (χ3v) is 2.48. The maximum absolute atomic E-state index is 6.03. The van der Waals surface area contributed by atoms with Crippen LogP contribution in [0.1, 0.15) is 0 Å². The minimum atomic E-state index is 0.660. The third-order valence-electron chi connectivity index (χ3n) is 1.92. The number of aryl methyl sites for hydroxylation is 1. The van der Waals surface area contributed by atoms with Gasteiger partial charge in [0.15, 0.2) is 0 Å². The molecular formula is C10H8Cl2N2. The van der Waals surface area contributed by atoms with Crippen molar-refractivity contribution in [3.63, 3.8) is 0 Å². The number of aromatic nitrogens is 2. The predicted octanol–water partition coefficient (Wildman–Crippen LogP) is 3.39. The maximum Gasteiger partial charge on any atom is 0.0938 e. The average molecular weight is 227 g/mol. The summed E-state index contributed by atoms with van der Waals surface area (Å²) >= 11 is 11.9. The number of rotatable bonds is 1. The molecule has 1 aromatic carbocycles. The number of hydrogen-bond acceptors (Lipinski definition) is 1. The van der Waals surface area contributed by atoms with Crippen LogP contribution in [0.15, 0.2) is 30.5 Å². The van der Waals surface area contributed by atoms with Crippen LogP contribution in [0.25, 0.3) is 11.3 Å². The van der Waals surface area contributed by atoms with Crippen molar-refractivity contribution in [1.29, 1.82) is 0 Å². The second-order valence-corrected chi connectivity index (χ2v) is 3.84. The van der Waals surface area contributed by atoms with Gasteiger partial charge in [-0.15, -0.1) is 0 Å². The van der Waals surface area contributed by atoms with Crippen molar-refractivity contribution < 1.29 is 0 Å². The molecule has 0 unspecified atom stereocenters. The highest BCUT2D eigenvalue weighted by Crippen LogP contribution is 2.28. The molecule has 2 rings (SSSR count). The molecule has 0 saturated carbocycles. The minimum Gasteiger partial charge on any atom is -0.275 e. The first-order chi connectivity index (χ1) is 6.66. The zero-order valence-electron chi connectivity index (χ0n) is 7.54. The van der Waals surface area contributed by atoms with Crippen molar-refractivity contribution in [2.75, 3.05) is 0 Å². The van der Waals surface area contributed by atoms with Gasteiger partial charge in [-0.05, 0) is 24.3 Å². The lowest BCUT2D eigenvalue weighted by Crippen LogP contribution is -1.88. The molecule has 1 aromatic heterocycles. The molecule has 0 N–H and O–H groups in total. The Hall–Kier alpha value is -0.990. The van der Waals surface area contributed by atoms with Gasteiger partial charge in [-0.1, -0.05) is 23.2 Å². The summed E-state index contributed by atoms with van der Waals surface area (Å²) in [6.45, 7) is 0. The van der Waals surface area contributed by atoms with E-state index in [1.807, 2.05) is 25.4 Å². The molecule has 14 heavy (non-hydrogen) atoms. The van der Waals surface area contributed by atoms with E-state index in [9.17, 15) is 0 Å². The van der Waals surface area contributed by atoms with Crippen molar-refractivity contribution in [1.82, 2.24) is 9.78 Å². The Kier molecular flexibility index (Phi) is 2.48. The Balaban J connectivity index is 2.55. The summed E-state index contributed by atoms with van der Waals surface area (Å²) in [5, 5.41) is 5.58. The van der Waals surface area contributed by atoms with E-state index >= 15 is 0 Å². The van der Waals surface area contributed by atoms with E-state index in [4.69, 9.17) is 23.2 Å². The fraction of sp³-hybridized carbons (Fsp3) is 0.100. The Morgan fingerprint density at radius 3 is 2.64 bits per heavy atom. The summed E-state index contributed by atoms with van der Waals surface area (Å²) in [4.78, 5) is 0. The van der Waals surface area contributed by atoms with Gasteiger partial charge in [0, 0.05) is 23.8 Å². The molecule has 0 saturated heterocycles. The molecule has 0 aliphatic rings. The highest BCUT2D eigenvalue weighted by Gasteiger charge is 2.06. The molecule has 1 heterocycles. The van der Waals surface area contributed by atoms with Crippen LogP contribution in [-0.2, 0) is 7.05 Å². The Bertz CT molecular complexity index is 463. The summed E-state index contributed by atoms with van der Waals surface area (Å²) in [5.74, 6) is 0. The Morgan fingerprint density at radius 2 is 2.00 bits per heavy atom. The van der Waals surface area contributed by atoms with Crippen LogP contribution in [-0.4, -0.2) is 9.78 Å². The van der Waals surface area contributed by atoms with E-state index in [0.717, 1.165) is 11.3 Å². The van der Waals surface area contributed by atoms with Crippen molar-refractivity contribution in [3.8, 4) is 11.3 Å². The Morgan fingerprint density at radius 1 is 1.21 bits per heavy atom. The second kappa shape index (κ2) is 3.64. The van der Waals surface area contributed by atoms with E-state index < -0.39 is 0 Å². The lowest BCUT2D eigenvalue weighted by atomic mass is 10.1. The summed E-state index contributed by atoms with van der Waals surface area (Å²) < 4.78 is 1.73. The molecule has 2 aromatic rings. The highest BCUT2D eigenvalue weighted by molar-refractivity contribution is 6.35.